The molecular formula is C15H11ClF3IO. The highest BCUT2D eigenvalue weighted by Gasteiger charge is 2.30. The normalized spacial score (nSPS) is 13.2. The molecule has 112 valence electrons. The molecule has 1 N–H and O–H groups in total. The summed E-state index contributed by atoms with van der Waals surface area (Å²) >= 11 is 7.98. The van der Waals surface area contributed by atoms with Crippen LogP contribution in [0, 0.1) is 3.57 Å². The summed E-state index contributed by atoms with van der Waals surface area (Å²) in [6.45, 7) is 0. The number of halogens is 5. The number of alkyl halides is 3. The minimum atomic E-state index is -4.35. The second-order valence-corrected chi connectivity index (χ2v) is 6.18. The van der Waals surface area contributed by atoms with Crippen molar-refractivity contribution in [1.82, 2.24) is 0 Å². The summed E-state index contributed by atoms with van der Waals surface area (Å²) in [6, 6.07) is 9.97. The van der Waals surface area contributed by atoms with Crippen molar-refractivity contribution in [2.24, 2.45) is 0 Å². The Labute approximate surface area is 138 Å². The van der Waals surface area contributed by atoms with Gasteiger partial charge in [-0.1, -0.05) is 23.7 Å². The Balaban J connectivity index is 2.16. The molecule has 2 aromatic carbocycles. The number of aliphatic hydroxyl groups excluding tert-OH is 1. The third-order valence-corrected chi connectivity index (χ3v) is 4.24. The Morgan fingerprint density at radius 2 is 1.71 bits per heavy atom. The van der Waals surface area contributed by atoms with Gasteiger partial charge in [0.1, 0.15) is 0 Å². The molecule has 1 unspecified atom stereocenters. The van der Waals surface area contributed by atoms with Crippen molar-refractivity contribution in [3.63, 3.8) is 0 Å². The van der Waals surface area contributed by atoms with Crippen molar-refractivity contribution in [1.29, 1.82) is 0 Å². The Hall–Kier alpha value is -0.790. The van der Waals surface area contributed by atoms with E-state index in [9.17, 15) is 18.3 Å². The van der Waals surface area contributed by atoms with E-state index in [2.05, 4.69) is 22.6 Å². The zero-order valence-corrected chi connectivity index (χ0v) is 13.6. The Bertz CT molecular complexity index is 626. The van der Waals surface area contributed by atoms with Crippen molar-refractivity contribution in [2.75, 3.05) is 0 Å². The fourth-order valence-electron chi connectivity index (χ4n) is 1.93. The molecule has 2 rings (SSSR count). The molecule has 0 saturated heterocycles. The first-order valence-electron chi connectivity index (χ1n) is 6.06. The first kappa shape index (κ1) is 16.6. The van der Waals surface area contributed by atoms with E-state index in [0.29, 0.717) is 16.1 Å². The van der Waals surface area contributed by atoms with Crippen LogP contribution >= 0.6 is 34.2 Å². The van der Waals surface area contributed by atoms with E-state index < -0.39 is 17.8 Å². The molecule has 0 amide bonds. The van der Waals surface area contributed by atoms with Crippen LogP contribution in [0.2, 0.25) is 5.02 Å². The molecule has 6 heteroatoms. The molecule has 0 aliphatic rings. The number of aliphatic hydroxyl groups is 1. The Morgan fingerprint density at radius 3 is 2.29 bits per heavy atom. The molecule has 21 heavy (non-hydrogen) atoms. The van der Waals surface area contributed by atoms with Gasteiger partial charge in [0.05, 0.1) is 11.7 Å². The highest BCUT2D eigenvalue weighted by molar-refractivity contribution is 14.1. The van der Waals surface area contributed by atoms with Crippen LogP contribution in [0.4, 0.5) is 13.2 Å². The zero-order valence-electron chi connectivity index (χ0n) is 10.7. The third kappa shape index (κ3) is 4.34. The highest BCUT2D eigenvalue weighted by Crippen LogP contribution is 2.30. The molecule has 1 nitrogen and oxygen atoms in total. The standard InChI is InChI=1S/C15H11ClF3IO/c16-11-5-6-13(20)12(8-11)14(21)7-9-1-3-10(4-2-9)15(17,18)19/h1-6,8,14,21H,7H2. The molecule has 0 radical (unpaired) electrons. The maximum absolute atomic E-state index is 12.5. The van der Waals surface area contributed by atoms with Gasteiger partial charge in [0.15, 0.2) is 0 Å². The SMILES string of the molecule is OC(Cc1ccc(C(F)(F)F)cc1)c1cc(Cl)ccc1I. The van der Waals surface area contributed by atoms with Gasteiger partial charge >= 0.3 is 6.18 Å². The van der Waals surface area contributed by atoms with Gasteiger partial charge in [-0.25, -0.2) is 0 Å². The van der Waals surface area contributed by atoms with Crippen molar-refractivity contribution < 1.29 is 18.3 Å². The van der Waals surface area contributed by atoms with Gasteiger partial charge in [0, 0.05) is 15.0 Å². The summed E-state index contributed by atoms with van der Waals surface area (Å²) in [7, 11) is 0. The number of rotatable bonds is 3. The summed E-state index contributed by atoms with van der Waals surface area (Å²) in [6.07, 6.45) is -4.93. The lowest BCUT2D eigenvalue weighted by atomic mass is 10.0. The molecule has 0 aliphatic carbocycles. The molecule has 0 saturated carbocycles. The second kappa shape index (κ2) is 6.54. The topological polar surface area (TPSA) is 20.2 Å². The summed E-state index contributed by atoms with van der Waals surface area (Å²) in [5.41, 5.74) is 0.604. The lowest BCUT2D eigenvalue weighted by Crippen LogP contribution is -2.06. The number of benzene rings is 2. The molecule has 0 fully saturated rings. The largest absolute Gasteiger partial charge is 0.416 e. The first-order chi connectivity index (χ1) is 9.77. The minimum absolute atomic E-state index is 0.231. The quantitative estimate of drug-likeness (QED) is 0.666. The van der Waals surface area contributed by atoms with E-state index in [1.54, 1.807) is 18.2 Å². The Morgan fingerprint density at radius 1 is 1.10 bits per heavy atom. The molecule has 0 heterocycles. The smallest absolute Gasteiger partial charge is 0.388 e. The lowest BCUT2D eigenvalue weighted by Gasteiger charge is -2.14. The van der Waals surface area contributed by atoms with Gasteiger partial charge < -0.3 is 5.11 Å². The third-order valence-electron chi connectivity index (χ3n) is 3.03. The van der Waals surface area contributed by atoms with Crippen molar-refractivity contribution >= 4 is 34.2 Å². The van der Waals surface area contributed by atoms with Crippen molar-refractivity contribution in [2.45, 2.75) is 18.7 Å². The van der Waals surface area contributed by atoms with Crippen LogP contribution in [-0.4, -0.2) is 5.11 Å². The predicted molar refractivity (Wildman–Crippen MR) is 84.3 cm³/mol. The zero-order chi connectivity index (χ0) is 15.6. The van der Waals surface area contributed by atoms with Gasteiger partial charge in [0.25, 0.3) is 0 Å². The highest BCUT2D eigenvalue weighted by atomic mass is 127. The van der Waals surface area contributed by atoms with Crippen LogP contribution in [0.25, 0.3) is 0 Å². The summed E-state index contributed by atoms with van der Waals surface area (Å²) in [5, 5.41) is 10.7. The van der Waals surface area contributed by atoms with E-state index in [1.807, 2.05) is 0 Å². The van der Waals surface area contributed by atoms with Gasteiger partial charge in [-0.05, 0) is 64.0 Å². The average Bonchev–Trinajstić information content (AvgIpc) is 2.41. The number of hydrogen-bond acceptors (Lipinski definition) is 1. The molecule has 0 aliphatic heterocycles. The number of hydrogen-bond donors (Lipinski definition) is 1. The lowest BCUT2D eigenvalue weighted by molar-refractivity contribution is -0.137. The molecule has 2 aromatic rings. The average molecular weight is 427 g/mol. The second-order valence-electron chi connectivity index (χ2n) is 4.58. The van der Waals surface area contributed by atoms with Crippen LogP contribution < -0.4 is 0 Å². The first-order valence-corrected chi connectivity index (χ1v) is 7.52. The van der Waals surface area contributed by atoms with Gasteiger partial charge in [-0.2, -0.15) is 13.2 Å². The molecule has 0 aromatic heterocycles. The van der Waals surface area contributed by atoms with Crippen LogP contribution in [0.3, 0.4) is 0 Å². The minimum Gasteiger partial charge on any atom is -0.388 e. The maximum Gasteiger partial charge on any atom is 0.416 e. The van der Waals surface area contributed by atoms with E-state index in [1.165, 1.54) is 12.1 Å². The van der Waals surface area contributed by atoms with Crippen molar-refractivity contribution in [3.8, 4) is 0 Å². The molecule has 0 bridgehead atoms. The molecular weight excluding hydrogens is 416 g/mol. The van der Waals surface area contributed by atoms with Gasteiger partial charge in [-0.15, -0.1) is 0 Å². The van der Waals surface area contributed by atoms with E-state index in [4.69, 9.17) is 11.6 Å². The van der Waals surface area contributed by atoms with E-state index in [-0.39, 0.29) is 6.42 Å². The van der Waals surface area contributed by atoms with Gasteiger partial charge in [0.2, 0.25) is 0 Å². The molecule has 1 atom stereocenters. The fourth-order valence-corrected chi connectivity index (χ4v) is 2.81. The monoisotopic (exact) mass is 426 g/mol. The van der Waals surface area contributed by atoms with Crippen LogP contribution in [0.5, 0.6) is 0 Å². The Kier molecular flexibility index (Phi) is 5.16. The van der Waals surface area contributed by atoms with Gasteiger partial charge in [-0.3, -0.25) is 0 Å². The summed E-state index contributed by atoms with van der Waals surface area (Å²) in [4.78, 5) is 0. The maximum atomic E-state index is 12.5. The van der Waals surface area contributed by atoms with Crippen LogP contribution in [0.1, 0.15) is 22.8 Å². The summed E-state index contributed by atoms with van der Waals surface area (Å²) in [5.74, 6) is 0. The van der Waals surface area contributed by atoms with E-state index in [0.717, 1.165) is 15.7 Å². The summed E-state index contributed by atoms with van der Waals surface area (Å²) < 4.78 is 38.3. The predicted octanol–water partition coefficient (Wildman–Crippen LogP) is 5.24. The van der Waals surface area contributed by atoms with Crippen molar-refractivity contribution in [3.05, 3.63) is 67.7 Å². The van der Waals surface area contributed by atoms with Crippen LogP contribution in [0.15, 0.2) is 42.5 Å². The fraction of sp³-hybridized carbons (Fsp3) is 0.200. The van der Waals surface area contributed by atoms with E-state index >= 15 is 0 Å². The van der Waals surface area contributed by atoms with Crippen LogP contribution in [-0.2, 0) is 12.6 Å². The molecule has 0 spiro atoms.